The molecule has 8 atom stereocenters. The Bertz CT molecular complexity index is 2050. The average Bonchev–Trinajstić information content (AvgIpc) is 3.76. The van der Waals surface area contributed by atoms with Gasteiger partial charge in [-0.1, -0.05) is 42.8 Å². The number of hydrogen-bond acceptors (Lipinski definition) is 7. The van der Waals surface area contributed by atoms with Gasteiger partial charge in [0.2, 0.25) is 0 Å². The van der Waals surface area contributed by atoms with E-state index in [4.69, 9.17) is 9.47 Å². The van der Waals surface area contributed by atoms with E-state index in [-0.39, 0.29) is 35.1 Å². The first-order valence-corrected chi connectivity index (χ1v) is 20.9. The number of benzene rings is 2. The van der Waals surface area contributed by atoms with Gasteiger partial charge in [-0.2, -0.15) is 5.10 Å². The topological polar surface area (TPSA) is 127 Å². The molecule has 5 aliphatic rings. The van der Waals surface area contributed by atoms with E-state index in [1.54, 1.807) is 24.1 Å². The fourth-order valence-electron chi connectivity index (χ4n) is 9.30. The van der Waals surface area contributed by atoms with Gasteiger partial charge in [-0.25, -0.2) is 9.00 Å². The molecular weight excluding hydrogens is 689 g/mol. The van der Waals surface area contributed by atoms with Gasteiger partial charge in [-0.05, 0) is 105 Å². The highest BCUT2D eigenvalue weighted by atomic mass is 32.2. The lowest BCUT2D eigenvalue weighted by Gasteiger charge is -2.46. The number of rotatable bonds is 4. The van der Waals surface area contributed by atoms with Gasteiger partial charge in [0.25, 0.3) is 5.91 Å². The fraction of sp³-hybridized carbons (Fsp3) is 0.537. The number of nitrogens with zero attached hydrogens (tertiary/aromatic N) is 4. The lowest BCUT2D eigenvalue weighted by molar-refractivity contribution is 0.0131. The van der Waals surface area contributed by atoms with Crippen LogP contribution in [0.25, 0.3) is 0 Å². The van der Waals surface area contributed by atoms with E-state index in [1.807, 2.05) is 32.2 Å². The van der Waals surface area contributed by atoms with Crippen LogP contribution >= 0.6 is 0 Å². The second kappa shape index (κ2) is 14.2. The minimum absolute atomic E-state index is 0.0254. The van der Waals surface area contributed by atoms with E-state index < -0.39 is 21.9 Å². The zero-order valence-electron chi connectivity index (χ0n) is 31.3. The summed E-state index contributed by atoms with van der Waals surface area (Å²) < 4.78 is 36.1. The van der Waals surface area contributed by atoms with Crippen LogP contribution in [0.4, 0.5) is 10.5 Å². The Hall–Kier alpha value is -4.16. The minimum atomic E-state index is -3.50. The van der Waals surface area contributed by atoms with Gasteiger partial charge in [0, 0.05) is 62.1 Å². The Kier molecular flexibility index (Phi) is 9.63. The number of anilines is 1. The molecule has 3 aromatic rings. The van der Waals surface area contributed by atoms with Crippen LogP contribution in [0.15, 0.2) is 65.2 Å². The molecule has 0 saturated heterocycles. The lowest BCUT2D eigenvalue weighted by Crippen LogP contribution is -2.49. The van der Waals surface area contributed by atoms with Crippen molar-refractivity contribution in [1.29, 1.82) is 0 Å². The van der Waals surface area contributed by atoms with E-state index >= 15 is 0 Å². The molecule has 2 saturated carbocycles. The summed E-state index contributed by atoms with van der Waals surface area (Å²) in [4.78, 5) is 29.8. The number of nitrogens with one attached hydrogen (secondary N) is 2. The predicted molar refractivity (Wildman–Crippen MR) is 206 cm³/mol. The van der Waals surface area contributed by atoms with Gasteiger partial charge >= 0.3 is 6.03 Å². The van der Waals surface area contributed by atoms with Gasteiger partial charge in [0.15, 0.2) is 0 Å². The lowest BCUT2D eigenvalue weighted by atomic mass is 9.68. The first kappa shape index (κ1) is 35.8. The molecule has 282 valence electrons. The van der Waals surface area contributed by atoms with Crippen LogP contribution in [0.3, 0.4) is 0 Å². The largest absolute Gasteiger partial charge is 0.490 e. The third-order valence-corrected chi connectivity index (χ3v) is 14.3. The van der Waals surface area contributed by atoms with Crippen LogP contribution in [0.5, 0.6) is 5.75 Å². The van der Waals surface area contributed by atoms with Crippen LogP contribution in [0.2, 0.25) is 0 Å². The maximum atomic E-state index is 14.6. The van der Waals surface area contributed by atoms with E-state index in [2.05, 4.69) is 61.7 Å². The van der Waals surface area contributed by atoms with Gasteiger partial charge in [0.05, 0.1) is 24.2 Å². The summed E-state index contributed by atoms with van der Waals surface area (Å²) in [6.45, 7) is 6.24. The van der Waals surface area contributed by atoms with Gasteiger partial charge in [-0.3, -0.25) is 14.2 Å². The van der Waals surface area contributed by atoms with E-state index in [9.17, 15) is 13.8 Å². The molecular formula is C41H52N6O5S. The summed E-state index contributed by atoms with van der Waals surface area (Å²) in [6.07, 6.45) is 12.7. The second-order valence-corrected chi connectivity index (χ2v) is 18.2. The van der Waals surface area contributed by atoms with Crippen LogP contribution in [0, 0.1) is 24.7 Å². The van der Waals surface area contributed by atoms with E-state index in [0.717, 1.165) is 68.7 Å². The Balaban J connectivity index is 1.13. The highest BCUT2D eigenvalue weighted by molar-refractivity contribution is 7.92. The highest BCUT2D eigenvalue weighted by Gasteiger charge is 2.45. The van der Waals surface area contributed by atoms with Crippen molar-refractivity contribution < 1.29 is 23.3 Å². The third kappa shape index (κ3) is 7.24. The summed E-state index contributed by atoms with van der Waals surface area (Å²) in [5, 5.41) is 7.20. The zero-order valence-corrected chi connectivity index (χ0v) is 32.1. The third-order valence-electron chi connectivity index (χ3n) is 12.3. The molecule has 3 aliphatic carbocycles. The molecule has 3 heterocycles. The van der Waals surface area contributed by atoms with Crippen LogP contribution in [0.1, 0.15) is 84.1 Å². The van der Waals surface area contributed by atoms with Crippen LogP contribution in [-0.4, -0.2) is 70.6 Å². The molecule has 11 nitrogen and oxygen atoms in total. The van der Waals surface area contributed by atoms with Crippen molar-refractivity contribution in [2.24, 2.45) is 29.2 Å². The number of ether oxygens (including phenoxy) is 2. The predicted octanol–water partition coefficient (Wildman–Crippen LogP) is 6.22. The Morgan fingerprint density at radius 3 is 2.79 bits per heavy atom. The number of fused-ring (bicyclic) bond motifs is 4. The number of allylic oxidation sites excluding steroid dienone is 1. The number of aryl methyl sites for hydroxylation is 3. The van der Waals surface area contributed by atoms with Gasteiger partial charge in [0.1, 0.15) is 15.7 Å². The SMILES string of the molecule is CO[C@H]1/C=C/C[C@H](C)CS(=O)(NC(=O)N[C@@H]2C[C@H]2c2ccnn2C)=NC(=O)c2ccc3c(c2)N(C[C@@H]2CC[C@H]21)C[C@@]1(CCCc2cc(C)ccc21)CO3. The summed E-state index contributed by atoms with van der Waals surface area (Å²) in [5.74, 6) is 0.907. The zero-order chi connectivity index (χ0) is 36.9. The molecule has 1 aromatic heterocycles. The highest BCUT2D eigenvalue weighted by Crippen LogP contribution is 2.47. The molecule has 3 amide bonds. The number of carbonyl (C=O) groups excluding carboxylic acids is 2. The van der Waals surface area contributed by atoms with Crippen LogP contribution < -0.4 is 19.7 Å². The summed E-state index contributed by atoms with van der Waals surface area (Å²) in [6, 6.07) is 13.5. The van der Waals surface area contributed by atoms with Crippen molar-refractivity contribution in [2.45, 2.75) is 82.3 Å². The molecule has 2 bridgehead atoms. The molecule has 53 heavy (non-hydrogen) atoms. The first-order chi connectivity index (χ1) is 25.5. The van der Waals surface area contributed by atoms with E-state index in [0.29, 0.717) is 30.4 Å². The normalized spacial score (nSPS) is 32.9. The Labute approximate surface area is 313 Å². The maximum absolute atomic E-state index is 14.6. The fourth-order valence-corrected chi connectivity index (χ4v) is 11.1. The number of urea groups is 1. The average molecular weight is 741 g/mol. The van der Waals surface area contributed by atoms with Crippen LogP contribution in [-0.2, 0) is 33.5 Å². The summed E-state index contributed by atoms with van der Waals surface area (Å²) >= 11 is 0. The van der Waals surface area contributed by atoms with Crippen molar-refractivity contribution in [1.82, 2.24) is 19.8 Å². The molecule has 1 spiro atoms. The molecule has 2 fully saturated rings. The number of amides is 3. The maximum Gasteiger partial charge on any atom is 0.327 e. The second-order valence-electron chi connectivity index (χ2n) is 16.2. The van der Waals surface area contributed by atoms with Crippen molar-refractivity contribution in [3.8, 4) is 5.75 Å². The number of aromatic nitrogens is 2. The Morgan fingerprint density at radius 1 is 1.15 bits per heavy atom. The molecule has 12 heteroatoms. The quantitative estimate of drug-likeness (QED) is 0.305. The molecule has 0 radical (unpaired) electrons. The minimum Gasteiger partial charge on any atom is -0.490 e. The number of hydrogen-bond donors (Lipinski definition) is 2. The molecule has 2 N–H and O–H groups in total. The molecule has 2 aromatic carbocycles. The molecule has 2 aliphatic heterocycles. The first-order valence-electron chi connectivity index (χ1n) is 19.2. The summed E-state index contributed by atoms with van der Waals surface area (Å²) in [7, 11) is 0.153. The van der Waals surface area contributed by atoms with Crippen molar-refractivity contribution in [3.05, 3.63) is 88.8 Å². The number of carbonyl (C=O) groups is 2. The monoisotopic (exact) mass is 740 g/mol. The molecule has 1 unspecified atom stereocenters. The smallest absolute Gasteiger partial charge is 0.327 e. The van der Waals surface area contributed by atoms with Gasteiger partial charge in [-0.15, -0.1) is 4.36 Å². The standard InChI is InChI=1S/C41H52N6O5S/c1-26-10-14-33-28(19-26)8-6-17-41(33)24-47-22-30-11-13-31(30)37(51-4)9-5-7-27(2)23-53(50,44-39(48)29-12-15-38(52-25-41)36(47)20-29)45-40(49)43-34-21-32(34)35-16-18-42-46(35)3/h5,9-10,12,14-16,18-20,27,30-32,34,37H,6-8,11,13,17,21-25H2,1-4H3,(H2,43,44,45,48,49,50)/b9-5+/t27-,30-,31+,32+,34+,37-,41-,53?/m0/s1. The Morgan fingerprint density at radius 2 is 2.02 bits per heavy atom. The van der Waals surface area contributed by atoms with Gasteiger partial charge < -0.3 is 19.7 Å². The van der Waals surface area contributed by atoms with E-state index in [1.165, 1.54) is 16.7 Å². The van der Waals surface area contributed by atoms with Crippen molar-refractivity contribution in [2.75, 3.05) is 37.5 Å². The van der Waals surface area contributed by atoms with Crippen molar-refractivity contribution in [3.63, 3.8) is 0 Å². The molecule has 8 rings (SSSR count). The number of methoxy groups -OCH3 is 1. The van der Waals surface area contributed by atoms with Crippen molar-refractivity contribution >= 4 is 27.5 Å². The summed E-state index contributed by atoms with van der Waals surface area (Å²) in [5.41, 5.74) is 6.03.